The molecular formula is C12H24N2O. The Morgan fingerprint density at radius 3 is 2.80 bits per heavy atom. The standard InChI is InChI=1S/C12H24N2O/c1-9-4-3-5-11(7-6-9)14-8-10(2)12(13)15/h9-11,14H,3-8H2,1-2H3,(H2,13,15). The summed E-state index contributed by atoms with van der Waals surface area (Å²) in [4.78, 5) is 10.9. The van der Waals surface area contributed by atoms with Crippen molar-refractivity contribution in [2.45, 2.75) is 52.0 Å². The van der Waals surface area contributed by atoms with Crippen LogP contribution >= 0.6 is 0 Å². The summed E-state index contributed by atoms with van der Waals surface area (Å²) < 4.78 is 0. The van der Waals surface area contributed by atoms with Gasteiger partial charge < -0.3 is 11.1 Å². The van der Waals surface area contributed by atoms with E-state index in [0.717, 1.165) is 12.5 Å². The van der Waals surface area contributed by atoms with Crippen molar-refractivity contribution in [3.8, 4) is 0 Å². The predicted octanol–water partition coefficient (Wildman–Crippen LogP) is 1.67. The second-order valence-corrected chi connectivity index (χ2v) is 5.02. The Bertz CT molecular complexity index is 206. The molecule has 0 aromatic rings. The van der Waals surface area contributed by atoms with E-state index >= 15 is 0 Å². The third kappa shape index (κ3) is 4.65. The van der Waals surface area contributed by atoms with Gasteiger partial charge in [0, 0.05) is 18.5 Å². The van der Waals surface area contributed by atoms with E-state index in [1.54, 1.807) is 0 Å². The van der Waals surface area contributed by atoms with E-state index in [9.17, 15) is 4.79 Å². The van der Waals surface area contributed by atoms with Gasteiger partial charge in [0.1, 0.15) is 0 Å². The third-order valence-electron chi connectivity index (χ3n) is 3.46. The first-order valence-corrected chi connectivity index (χ1v) is 6.12. The van der Waals surface area contributed by atoms with E-state index < -0.39 is 0 Å². The summed E-state index contributed by atoms with van der Waals surface area (Å²) >= 11 is 0. The molecule has 0 aliphatic heterocycles. The summed E-state index contributed by atoms with van der Waals surface area (Å²) in [7, 11) is 0. The van der Waals surface area contributed by atoms with Gasteiger partial charge in [-0.1, -0.05) is 26.7 Å². The Hall–Kier alpha value is -0.570. The zero-order valence-electron chi connectivity index (χ0n) is 9.96. The molecule has 1 saturated carbocycles. The second kappa shape index (κ2) is 6.11. The number of hydrogen-bond acceptors (Lipinski definition) is 2. The molecule has 0 heterocycles. The highest BCUT2D eigenvalue weighted by molar-refractivity contribution is 5.76. The van der Waals surface area contributed by atoms with Gasteiger partial charge in [-0.25, -0.2) is 0 Å². The fraction of sp³-hybridized carbons (Fsp3) is 0.917. The zero-order chi connectivity index (χ0) is 11.3. The molecule has 0 radical (unpaired) electrons. The lowest BCUT2D eigenvalue weighted by Crippen LogP contribution is -2.36. The zero-order valence-corrected chi connectivity index (χ0v) is 9.96. The average molecular weight is 212 g/mol. The van der Waals surface area contributed by atoms with Crippen LogP contribution in [0.4, 0.5) is 0 Å². The SMILES string of the molecule is CC1CCCC(NCC(C)C(N)=O)CC1. The van der Waals surface area contributed by atoms with Crippen molar-refractivity contribution in [2.75, 3.05) is 6.54 Å². The molecule has 1 aliphatic rings. The Kier molecular flexibility index (Phi) is 5.09. The number of amides is 1. The van der Waals surface area contributed by atoms with E-state index in [2.05, 4.69) is 12.2 Å². The van der Waals surface area contributed by atoms with Gasteiger partial charge in [-0.2, -0.15) is 0 Å². The van der Waals surface area contributed by atoms with E-state index in [1.807, 2.05) is 6.92 Å². The van der Waals surface area contributed by atoms with Crippen molar-refractivity contribution in [3.05, 3.63) is 0 Å². The highest BCUT2D eigenvalue weighted by Crippen LogP contribution is 2.22. The van der Waals surface area contributed by atoms with Crippen LogP contribution in [0.25, 0.3) is 0 Å². The molecule has 0 aromatic carbocycles. The third-order valence-corrected chi connectivity index (χ3v) is 3.46. The van der Waals surface area contributed by atoms with Gasteiger partial charge in [0.25, 0.3) is 0 Å². The molecule has 1 rings (SSSR count). The first kappa shape index (κ1) is 12.5. The quantitative estimate of drug-likeness (QED) is 0.696. The van der Waals surface area contributed by atoms with Crippen LogP contribution in [0.3, 0.4) is 0 Å². The molecule has 88 valence electrons. The molecule has 1 amide bonds. The van der Waals surface area contributed by atoms with Gasteiger partial charge in [0.05, 0.1) is 0 Å². The summed E-state index contributed by atoms with van der Waals surface area (Å²) in [6.45, 7) is 4.94. The predicted molar refractivity (Wildman–Crippen MR) is 62.4 cm³/mol. The first-order chi connectivity index (χ1) is 7.09. The van der Waals surface area contributed by atoms with Gasteiger partial charge in [-0.05, 0) is 25.2 Å². The van der Waals surface area contributed by atoms with Crippen molar-refractivity contribution >= 4 is 5.91 Å². The molecule has 15 heavy (non-hydrogen) atoms. The first-order valence-electron chi connectivity index (χ1n) is 6.12. The lowest BCUT2D eigenvalue weighted by molar-refractivity contribution is -0.121. The smallest absolute Gasteiger partial charge is 0.221 e. The summed E-state index contributed by atoms with van der Waals surface area (Å²) in [5, 5.41) is 3.46. The number of primary amides is 1. The number of rotatable bonds is 4. The van der Waals surface area contributed by atoms with Crippen LogP contribution in [-0.2, 0) is 4.79 Å². The fourth-order valence-corrected chi connectivity index (χ4v) is 2.14. The van der Waals surface area contributed by atoms with Crippen LogP contribution in [0.15, 0.2) is 0 Å². The Morgan fingerprint density at radius 2 is 2.13 bits per heavy atom. The monoisotopic (exact) mass is 212 g/mol. The molecule has 3 atom stereocenters. The van der Waals surface area contributed by atoms with Crippen molar-refractivity contribution in [2.24, 2.45) is 17.6 Å². The minimum Gasteiger partial charge on any atom is -0.369 e. The van der Waals surface area contributed by atoms with Crippen LogP contribution in [-0.4, -0.2) is 18.5 Å². The van der Waals surface area contributed by atoms with Crippen LogP contribution in [0.1, 0.15) is 46.0 Å². The van der Waals surface area contributed by atoms with E-state index in [1.165, 1.54) is 32.1 Å². The fourth-order valence-electron chi connectivity index (χ4n) is 2.14. The van der Waals surface area contributed by atoms with Crippen LogP contribution in [0, 0.1) is 11.8 Å². The number of carbonyl (C=O) groups is 1. The molecule has 3 unspecified atom stereocenters. The molecule has 1 aliphatic carbocycles. The van der Waals surface area contributed by atoms with Gasteiger partial charge in [-0.15, -0.1) is 0 Å². The van der Waals surface area contributed by atoms with Gasteiger partial charge >= 0.3 is 0 Å². The van der Waals surface area contributed by atoms with Gasteiger partial charge in [-0.3, -0.25) is 4.79 Å². The minimum absolute atomic E-state index is 0.0503. The van der Waals surface area contributed by atoms with Gasteiger partial charge in [0.2, 0.25) is 5.91 Å². The number of carbonyl (C=O) groups excluding carboxylic acids is 1. The maximum atomic E-state index is 10.9. The van der Waals surface area contributed by atoms with E-state index in [0.29, 0.717) is 6.04 Å². The van der Waals surface area contributed by atoms with Crippen LogP contribution in [0.2, 0.25) is 0 Å². The number of hydrogen-bond donors (Lipinski definition) is 2. The molecule has 0 spiro atoms. The molecule has 0 saturated heterocycles. The lowest BCUT2D eigenvalue weighted by Gasteiger charge is -2.18. The normalized spacial score (nSPS) is 29.5. The molecule has 3 N–H and O–H groups in total. The minimum atomic E-state index is -0.204. The largest absolute Gasteiger partial charge is 0.369 e. The number of nitrogens with one attached hydrogen (secondary N) is 1. The van der Waals surface area contributed by atoms with Crippen molar-refractivity contribution < 1.29 is 4.79 Å². The summed E-state index contributed by atoms with van der Waals surface area (Å²) in [5.41, 5.74) is 5.23. The van der Waals surface area contributed by atoms with Crippen molar-refractivity contribution in [3.63, 3.8) is 0 Å². The van der Waals surface area contributed by atoms with E-state index in [-0.39, 0.29) is 11.8 Å². The average Bonchev–Trinajstić information content (AvgIpc) is 2.39. The van der Waals surface area contributed by atoms with Crippen molar-refractivity contribution in [1.82, 2.24) is 5.32 Å². The molecular weight excluding hydrogens is 188 g/mol. The Labute approximate surface area is 92.8 Å². The molecule has 3 heteroatoms. The maximum Gasteiger partial charge on any atom is 0.221 e. The lowest BCUT2D eigenvalue weighted by atomic mass is 10.0. The van der Waals surface area contributed by atoms with Gasteiger partial charge in [0.15, 0.2) is 0 Å². The summed E-state index contributed by atoms with van der Waals surface area (Å²) in [6.07, 6.45) is 6.46. The van der Waals surface area contributed by atoms with Crippen LogP contribution < -0.4 is 11.1 Å². The Morgan fingerprint density at radius 1 is 1.40 bits per heavy atom. The van der Waals surface area contributed by atoms with Crippen LogP contribution in [0.5, 0.6) is 0 Å². The summed E-state index contributed by atoms with van der Waals surface area (Å²) in [5.74, 6) is 0.612. The van der Waals surface area contributed by atoms with Crippen molar-refractivity contribution in [1.29, 1.82) is 0 Å². The highest BCUT2D eigenvalue weighted by atomic mass is 16.1. The molecule has 0 aromatic heterocycles. The molecule has 0 bridgehead atoms. The van der Waals surface area contributed by atoms with E-state index in [4.69, 9.17) is 5.73 Å². The topological polar surface area (TPSA) is 55.1 Å². The highest BCUT2D eigenvalue weighted by Gasteiger charge is 2.17. The molecule has 1 fully saturated rings. The summed E-state index contributed by atoms with van der Waals surface area (Å²) in [6, 6.07) is 0.594. The maximum absolute atomic E-state index is 10.9. The number of nitrogens with two attached hydrogens (primary N) is 1. The molecule has 3 nitrogen and oxygen atoms in total. The Balaban J connectivity index is 2.23. The second-order valence-electron chi connectivity index (χ2n) is 5.02.